The normalized spacial score (nSPS) is 11.5. The van der Waals surface area contributed by atoms with Crippen molar-refractivity contribution in [2.75, 3.05) is 10.5 Å². The second-order valence-corrected chi connectivity index (χ2v) is 6.14. The molecule has 0 atom stereocenters. The fraction of sp³-hybridized carbons (Fsp3) is 0.333. The van der Waals surface area contributed by atoms with Gasteiger partial charge in [0, 0.05) is 18.3 Å². The summed E-state index contributed by atoms with van der Waals surface area (Å²) in [6.45, 7) is 3.52. The van der Waals surface area contributed by atoms with Gasteiger partial charge in [0.1, 0.15) is 0 Å². The van der Waals surface area contributed by atoms with Gasteiger partial charge in [-0.25, -0.2) is 8.42 Å². The molecule has 0 spiro atoms. The van der Waals surface area contributed by atoms with Crippen LogP contribution in [-0.2, 0) is 16.4 Å². The van der Waals surface area contributed by atoms with Gasteiger partial charge < -0.3 is 0 Å². The van der Waals surface area contributed by atoms with E-state index < -0.39 is 10.0 Å². The third-order valence-corrected chi connectivity index (χ3v) is 4.00. The van der Waals surface area contributed by atoms with Gasteiger partial charge in [-0.05, 0) is 26.0 Å². The van der Waals surface area contributed by atoms with Gasteiger partial charge >= 0.3 is 0 Å². The second kappa shape index (κ2) is 5.40. The zero-order valence-corrected chi connectivity index (χ0v) is 11.7. The third kappa shape index (κ3) is 3.54. The molecule has 0 radical (unpaired) electrons. The molecular weight excluding hydrogens is 264 g/mol. The first-order chi connectivity index (χ1) is 8.98. The number of anilines is 1. The van der Waals surface area contributed by atoms with E-state index in [2.05, 4.69) is 19.9 Å². The van der Waals surface area contributed by atoms with E-state index in [-0.39, 0.29) is 5.75 Å². The molecule has 0 aromatic carbocycles. The molecule has 19 heavy (non-hydrogen) atoms. The monoisotopic (exact) mass is 280 g/mol. The predicted molar refractivity (Wildman–Crippen MR) is 73.4 cm³/mol. The molecule has 0 bridgehead atoms. The molecule has 6 nitrogen and oxygen atoms in total. The van der Waals surface area contributed by atoms with Gasteiger partial charge in [-0.3, -0.25) is 14.8 Å². The van der Waals surface area contributed by atoms with E-state index in [0.717, 1.165) is 5.69 Å². The largest absolute Gasteiger partial charge is 0.280 e. The van der Waals surface area contributed by atoms with Crippen LogP contribution in [0.2, 0.25) is 0 Å². The van der Waals surface area contributed by atoms with Gasteiger partial charge in [-0.1, -0.05) is 6.07 Å². The van der Waals surface area contributed by atoms with Crippen LogP contribution in [-0.4, -0.2) is 29.4 Å². The number of aromatic nitrogens is 3. The molecule has 0 saturated carbocycles. The molecule has 0 amide bonds. The Morgan fingerprint density at radius 3 is 2.68 bits per heavy atom. The Morgan fingerprint density at radius 2 is 2.11 bits per heavy atom. The Kier molecular flexibility index (Phi) is 3.84. The number of aryl methyl sites for hydroxylation is 3. The average Bonchev–Trinajstić information content (AvgIpc) is 2.69. The highest BCUT2D eigenvalue weighted by Gasteiger charge is 2.15. The number of sulfonamides is 1. The SMILES string of the molecule is Cc1n[nH]c(C)c1NS(=O)(=O)CCc1ccccn1. The molecule has 2 rings (SSSR count). The number of nitrogens with one attached hydrogen (secondary N) is 2. The maximum Gasteiger partial charge on any atom is 0.233 e. The molecule has 0 aliphatic rings. The fourth-order valence-corrected chi connectivity index (χ4v) is 2.88. The van der Waals surface area contributed by atoms with Crippen LogP contribution in [0.15, 0.2) is 24.4 Å². The lowest BCUT2D eigenvalue weighted by atomic mass is 10.3. The lowest BCUT2D eigenvalue weighted by molar-refractivity contribution is 0.600. The first kappa shape index (κ1) is 13.5. The Balaban J connectivity index is 2.04. The molecule has 0 saturated heterocycles. The van der Waals surface area contributed by atoms with Gasteiger partial charge in [0.2, 0.25) is 10.0 Å². The van der Waals surface area contributed by atoms with E-state index in [9.17, 15) is 8.42 Å². The van der Waals surface area contributed by atoms with Gasteiger partial charge in [0.05, 0.1) is 22.8 Å². The number of pyridine rings is 1. The van der Waals surface area contributed by atoms with Gasteiger partial charge in [-0.2, -0.15) is 5.10 Å². The first-order valence-corrected chi connectivity index (χ1v) is 7.55. The van der Waals surface area contributed by atoms with Gasteiger partial charge in [-0.15, -0.1) is 0 Å². The number of hydrogen-bond acceptors (Lipinski definition) is 4. The van der Waals surface area contributed by atoms with Crippen molar-refractivity contribution in [1.29, 1.82) is 0 Å². The van der Waals surface area contributed by atoms with E-state index in [0.29, 0.717) is 23.5 Å². The van der Waals surface area contributed by atoms with Crippen molar-refractivity contribution in [3.63, 3.8) is 0 Å². The van der Waals surface area contributed by atoms with E-state index in [4.69, 9.17) is 0 Å². The highest BCUT2D eigenvalue weighted by atomic mass is 32.2. The number of hydrogen-bond donors (Lipinski definition) is 2. The summed E-state index contributed by atoms with van der Waals surface area (Å²) < 4.78 is 26.5. The van der Waals surface area contributed by atoms with Crippen molar-refractivity contribution in [2.24, 2.45) is 0 Å². The van der Waals surface area contributed by atoms with Gasteiger partial charge in [0.15, 0.2) is 0 Å². The van der Waals surface area contributed by atoms with E-state index in [1.54, 1.807) is 26.1 Å². The van der Waals surface area contributed by atoms with Crippen LogP contribution in [0.1, 0.15) is 17.1 Å². The van der Waals surface area contributed by atoms with Crippen molar-refractivity contribution < 1.29 is 8.42 Å². The van der Waals surface area contributed by atoms with Crippen LogP contribution in [0.4, 0.5) is 5.69 Å². The maximum absolute atomic E-state index is 12.0. The Labute approximate surface area is 112 Å². The molecule has 0 aliphatic heterocycles. The predicted octanol–water partition coefficient (Wildman–Crippen LogP) is 1.41. The van der Waals surface area contributed by atoms with Crippen molar-refractivity contribution in [3.8, 4) is 0 Å². The number of nitrogens with zero attached hydrogens (tertiary/aromatic N) is 2. The zero-order valence-electron chi connectivity index (χ0n) is 10.8. The minimum Gasteiger partial charge on any atom is -0.280 e. The molecule has 102 valence electrons. The maximum atomic E-state index is 12.0. The summed E-state index contributed by atoms with van der Waals surface area (Å²) in [7, 11) is -3.40. The van der Waals surface area contributed by atoms with Crippen molar-refractivity contribution in [2.45, 2.75) is 20.3 Å². The number of H-pyrrole nitrogens is 1. The molecule has 2 aromatic rings. The fourth-order valence-electron chi connectivity index (χ4n) is 1.69. The van der Waals surface area contributed by atoms with Crippen LogP contribution in [0.3, 0.4) is 0 Å². The average molecular weight is 280 g/mol. The van der Waals surface area contributed by atoms with E-state index in [1.807, 2.05) is 12.1 Å². The summed E-state index contributed by atoms with van der Waals surface area (Å²) in [5, 5.41) is 6.70. The lowest BCUT2D eigenvalue weighted by Crippen LogP contribution is -2.19. The standard InChI is InChI=1S/C12H16N4O2S/c1-9-12(10(2)15-14-9)16-19(17,18)8-6-11-5-3-4-7-13-11/h3-5,7,16H,6,8H2,1-2H3,(H,14,15). The summed E-state index contributed by atoms with van der Waals surface area (Å²) >= 11 is 0. The highest BCUT2D eigenvalue weighted by molar-refractivity contribution is 7.92. The topological polar surface area (TPSA) is 87.7 Å². The summed E-state index contributed by atoms with van der Waals surface area (Å²) in [5.74, 6) is -0.00588. The third-order valence-electron chi connectivity index (χ3n) is 2.74. The quantitative estimate of drug-likeness (QED) is 0.866. The summed E-state index contributed by atoms with van der Waals surface area (Å²) in [4.78, 5) is 4.10. The first-order valence-electron chi connectivity index (χ1n) is 5.90. The number of rotatable bonds is 5. The molecule has 0 unspecified atom stereocenters. The molecule has 2 heterocycles. The molecule has 7 heteroatoms. The van der Waals surface area contributed by atoms with Crippen LogP contribution in [0, 0.1) is 13.8 Å². The summed E-state index contributed by atoms with van der Waals surface area (Å²) in [6.07, 6.45) is 2.03. The van der Waals surface area contributed by atoms with Crippen LogP contribution in [0.5, 0.6) is 0 Å². The molecule has 0 fully saturated rings. The van der Waals surface area contributed by atoms with Gasteiger partial charge in [0.25, 0.3) is 0 Å². The smallest absolute Gasteiger partial charge is 0.233 e. The Bertz CT molecular complexity index is 630. The highest BCUT2D eigenvalue weighted by Crippen LogP contribution is 2.17. The second-order valence-electron chi connectivity index (χ2n) is 4.30. The molecule has 2 N–H and O–H groups in total. The van der Waals surface area contributed by atoms with Crippen LogP contribution < -0.4 is 4.72 Å². The summed E-state index contributed by atoms with van der Waals surface area (Å²) in [6, 6.07) is 5.45. The van der Waals surface area contributed by atoms with E-state index in [1.165, 1.54) is 0 Å². The Hall–Kier alpha value is -1.89. The molecule has 2 aromatic heterocycles. The minimum absolute atomic E-state index is 0.00588. The van der Waals surface area contributed by atoms with Crippen molar-refractivity contribution in [1.82, 2.24) is 15.2 Å². The molecule has 0 aliphatic carbocycles. The van der Waals surface area contributed by atoms with Crippen molar-refractivity contribution >= 4 is 15.7 Å². The zero-order chi connectivity index (χ0) is 13.9. The number of aromatic amines is 1. The van der Waals surface area contributed by atoms with E-state index >= 15 is 0 Å². The molecular formula is C12H16N4O2S. The lowest BCUT2D eigenvalue weighted by Gasteiger charge is -2.07. The van der Waals surface area contributed by atoms with Crippen LogP contribution >= 0.6 is 0 Å². The Morgan fingerprint density at radius 1 is 1.32 bits per heavy atom. The summed E-state index contributed by atoms with van der Waals surface area (Å²) in [5.41, 5.74) is 2.63. The van der Waals surface area contributed by atoms with Crippen molar-refractivity contribution in [3.05, 3.63) is 41.5 Å². The van der Waals surface area contributed by atoms with Crippen LogP contribution in [0.25, 0.3) is 0 Å². The minimum atomic E-state index is -3.40.